The van der Waals surface area contributed by atoms with Crippen LogP contribution < -0.4 is 37.7 Å². The van der Waals surface area contributed by atoms with Crippen LogP contribution in [0.15, 0.2) is 60.7 Å². The van der Waals surface area contributed by atoms with Crippen LogP contribution in [0.1, 0.15) is 5.56 Å². The SMILES string of the molecule is Cc1ccc(-n2c3cc[c-]cc3c3c[c-]ccc32)cc1.[Li+].[Li+]. The van der Waals surface area contributed by atoms with Crippen molar-refractivity contribution >= 4 is 21.8 Å². The molecule has 96 valence electrons. The molecule has 0 saturated heterocycles. The van der Waals surface area contributed by atoms with Gasteiger partial charge in [-0.25, -0.2) is 0 Å². The molecule has 0 atom stereocenters. The van der Waals surface area contributed by atoms with E-state index in [9.17, 15) is 0 Å². The molecule has 3 aromatic carbocycles. The van der Waals surface area contributed by atoms with Gasteiger partial charge in [0, 0.05) is 5.69 Å². The Hall–Kier alpha value is -1.35. The second-order valence-corrected chi connectivity index (χ2v) is 5.06. The van der Waals surface area contributed by atoms with Crippen LogP contribution in [-0.2, 0) is 0 Å². The Kier molecular flexibility index (Phi) is 5.28. The van der Waals surface area contributed by atoms with Crippen LogP contribution in [-0.4, -0.2) is 4.57 Å². The van der Waals surface area contributed by atoms with Gasteiger partial charge in [-0.1, -0.05) is 28.7 Å². The Morgan fingerprint density at radius 1 is 0.727 bits per heavy atom. The van der Waals surface area contributed by atoms with E-state index in [0.717, 1.165) is 0 Å². The number of nitrogens with zero attached hydrogens (tertiary/aromatic N) is 1. The van der Waals surface area contributed by atoms with Crippen molar-refractivity contribution in [3.63, 3.8) is 0 Å². The van der Waals surface area contributed by atoms with E-state index in [0.29, 0.717) is 0 Å². The van der Waals surface area contributed by atoms with Crippen molar-refractivity contribution in [2.45, 2.75) is 6.92 Å². The molecule has 0 N–H and O–H groups in total. The molecule has 1 aromatic heterocycles. The van der Waals surface area contributed by atoms with E-state index in [1.54, 1.807) is 0 Å². The minimum Gasteiger partial charge on any atom is -0.359 e. The first-order chi connectivity index (χ1) is 9.84. The summed E-state index contributed by atoms with van der Waals surface area (Å²) in [6, 6.07) is 27.3. The number of fused-ring (bicyclic) bond motifs is 3. The standard InChI is InChI=1S/C19H13N.2Li/c1-14-10-12-15(13-11-14)20-18-8-4-2-6-16(18)17-7-3-5-9-19(17)20;;/h4-13H,1H3;;/q-2;2*+1. The molecule has 0 spiro atoms. The molecule has 0 bridgehead atoms. The minimum atomic E-state index is 0. The van der Waals surface area contributed by atoms with E-state index in [4.69, 9.17) is 0 Å². The van der Waals surface area contributed by atoms with Crippen molar-refractivity contribution in [3.8, 4) is 5.69 Å². The van der Waals surface area contributed by atoms with Gasteiger partial charge in [0.25, 0.3) is 0 Å². The van der Waals surface area contributed by atoms with Crippen molar-refractivity contribution < 1.29 is 37.7 Å². The van der Waals surface area contributed by atoms with Crippen molar-refractivity contribution in [2.75, 3.05) is 0 Å². The van der Waals surface area contributed by atoms with Gasteiger partial charge in [-0.2, -0.15) is 47.2 Å². The zero-order chi connectivity index (χ0) is 13.5. The maximum absolute atomic E-state index is 3.17. The van der Waals surface area contributed by atoms with E-state index >= 15 is 0 Å². The fraction of sp³-hybridized carbons (Fsp3) is 0.0526. The molecule has 4 aromatic rings. The summed E-state index contributed by atoms with van der Waals surface area (Å²) in [5.41, 5.74) is 4.88. The van der Waals surface area contributed by atoms with Crippen molar-refractivity contribution in [3.05, 3.63) is 78.4 Å². The molecule has 22 heavy (non-hydrogen) atoms. The van der Waals surface area contributed by atoms with Gasteiger partial charge < -0.3 is 4.57 Å². The molecule has 4 rings (SSSR count). The molecule has 0 saturated carbocycles. The molecule has 0 fully saturated rings. The number of hydrogen-bond acceptors (Lipinski definition) is 0. The van der Waals surface area contributed by atoms with Crippen molar-refractivity contribution in [1.29, 1.82) is 0 Å². The monoisotopic (exact) mass is 269 g/mol. The largest absolute Gasteiger partial charge is 1.00 e. The molecule has 0 aliphatic rings. The number of hydrogen-bond donors (Lipinski definition) is 0. The Bertz CT molecular complexity index is 854. The molecular formula is C19H13Li2N. The normalized spacial score (nSPS) is 10.2. The van der Waals surface area contributed by atoms with Crippen molar-refractivity contribution in [2.24, 2.45) is 0 Å². The van der Waals surface area contributed by atoms with Crippen LogP contribution >= 0.6 is 0 Å². The Labute approximate surface area is 154 Å². The zero-order valence-electron chi connectivity index (χ0n) is 13.2. The second-order valence-electron chi connectivity index (χ2n) is 5.06. The topological polar surface area (TPSA) is 4.93 Å². The third-order valence-electron chi connectivity index (χ3n) is 3.75. The first-order valence-electron chi connectivity index (χ1n) is 6.72. The molecule has 0 amide bonds. The van der Waals surface area contributed by atoms with Gasteiger partial charge in [-0.3, -0.25) is 0 Å². The van der Waals surface area contributed by atoms with Crippen molar-refractivity contribution in [1.82, 2.24) is 4.57 Å². The average molecular weight is 269 g/mol. The molecule has 3 heteroatoms. The van der Waals surface area contributed by atoms with E-state index in [2.05, 4.69) is 72.2 Å². The van der Waals surface area contributed by atoms with Crippen LogP contribution in [0.25, 0.3) is 27.5 Å². The molecule has 0 aliphatic carbocycles. The molecule has 0 aliphatic heterocycles. The van der Waals surface area contributed by atoms with Gasteiger partial charge in [0.15, 0.2) is 0 Å². The summed E-state index contributed by atoms with van der Waals surface area (Å²) in [5, 5.41) is 2.44. The Morgan fingerprint density at radius 3 is 1.73 bits per heavy atom. The summed E-state index contributed by atoms with van der Waals surface area (Å²) >= 11 is 0. The molecule has 0 radical (unpaired) electrons. The average Bonchev–Trinajstić information content (AvgIpc) is 2.83. The maximum atomic E-state index is 3.17. The summed E-state index contributed by atoms with van der Waals surface area (Å²) < 4.78 is 2.30. The first-order valence-corrected chi connectivity index (χ1v) is 6.72. The summed E-state index contributed by atoms with van der Waals surface area (Å²) in [5.74, 6) is 0. The third kappa shape index (κ3) is 2.67. The third-order valence-corrected chi connectivity index (χ3v) is 3.75. The minimum absolute atomic E-state index is 0. The van der Waals surface area contributed by atoms with Gasteiger partial charge >= 0.3 is 37.7 Å². The quantitative estimate of drug-likeness (QED) is 0.299. The number of rotatable bonds is 1. The predicted molar refractivity (Wildman–Crippen MR) is 83.2 cm³/mol. The number of aromatic nitrogens is 1. The molecular weight excluding hydrogens is 256 g/mol. The van der Waals surface area contributed by atoms with Gasteiger partial charge in [0.05, 0.1) is 0 Å². The van der Waals surface area contributed by atoms with E-state index < -0.39 is 0 Å². The predicted octanol–water partition coefficient (Wildman–Crippen LogP) is -1.30. The second kappa shape index (κ2) is 6.83. The van der Waals surface area contributed by atoms with Gasteiger partial charge in [0.2, 0.25) is 0 Å². The Balaban J connectivity index is 0.000000882. The molecule has 0 unspecified atom stereocenters. The summed E-state index contributed by atoms with van der Waals surface area (Å²) in [7, 11) is 0. The summed E-state index contributed by atoms with van der Waals surface area (Å²) in [4.78, 5) is 0. The fourth-order valence-electron chi connectivity index (χ4n) is 2.77. The molecule has 1 heterocycles. The first kappa shape index (κ1) is 17.0. The van der Waals surface area contributed by atoms with Gasteiger partial charge in [0.1, 0.15) is 0 Å². The van der Waals surface area contributed by atoms with Crippen LogP contribution in [0, 0.1) is 19.1 Å². The summed E-state index contributed by atoms with van der Waals surface area (Å²) in [6.07, 6.45) is 0. The fourth-order valence-corrected chi connectivity index (χ4v) is 2.77. The maximum Gasteiger partial charge on any atom is 1.00 e. The van der Waals surface area contributed by atoms with Gasteiger partial charge in [-0.05, 0) is 19.1 Å². The zero-order valence-corrected chi connectivity index (χ0v) is 13.2. The van der Waals surface area contributed by atoms with E-state index in [-0.39, 0.29) is 37.7 Å². The summed E-state index contributed by atoms with van der Waals surface area (Å²) in [6.45, 7) is 2.11. The van der Waals surface area contributed by atoms with Crippen LogP contribution in [0.2, 0.25) is 0 Å². The molecule has 1 nitrogen and oxygen atoms in total. The van der Waals surface area contributed by atoms with Crippen LogP contribution in [0.3, 0.4) is 0 Å². The van der Waals surface area contributed by atoms with E-state index in [1.807, 2.05) is 12.1 Å². The Morgan fingerprint density at radius 2 is 1.23 bits per heavy atom. The van der Waals surface area contributed by atoms with Crippen LogP contribution in [0.4, 0.5) is 0 Å². The number of benzene rings is 3. The van der Waals surface area contributed by atoms with E-state index in [1.165, 1.54) is 33.1 Å². The number of aryl methyl sites for hydroxylation is 1. The van der Waals surface area contributed by atoms with Crippen LogP contribution in [0.5, 0.6) is 0 Å². The van der Waals surface area contributed by atoms with Gasteiger partial charge in [-0.15, -0.1) is 12.1 Å². The smallest absolute Gasteiger partial charge is 0.359 e.